The molecule has 0 unspecified atom stereocenters. The third-order valence-electron chi connectivity index (χ3n) is 6.97. The van der Waals surface area contributed by atoms with Gasteiger partial charge in [0.2, 0.25) is 0 Å². The van der Waals surface area contributed by atoms with E-state index in [-0.39, 0.29) is 16.3 Å². The molecule has 0 bridgehead atoms. The highest BCUT2D eigenvalue weighted by Gasteiger charge is 2.18. The number of piperazine rings is 1. The molecule has 4 aromatic rings. The van der Waals surface area contributed by atoms with Crippen molar-refractivity contribution in [3.8, 4) is 23.0 Å². The molecule has 9 nitrogen and oxygen atoms in total. The standard InChI is InChI=1S/C30H32F2N4O5S/c1-35-12-14-36(15-13-35)11-4-16-40-30-20-26-24(19-29(30)39-2)27(9-10-33-26)41-28-8-7-22(18-25(28)32)34-42(37,38)23-6-3-5-21(31)17-23/h3,5-10,17-20,34H,4,11-16H2,1-2H3. The van der Waals surface area contributed by atoms with Crippen LogP contribution in [0.5, 0.6) is 23.0 Å². The molecule has 42 heavy (non-hydrogen) atoms. The maximum atomic E-state index is 15.0. The average molecular weight is 599 g/mol. The van der Waals surface area contributed by atoms with E-state index < -0.39 is 21.7 Å². The Morgan fingerprint density at radius 2 is 1.74 bits per heavy atom. The number of hydrogen-bond acceptors (Lipinski definition) is 8. The van der Waals surface area contributed by atoms with E-state index in [2.05, 4.69) is 26.6 Å². The molecule has 1 aromatic heterocycles. The summed E-state index contributed by atoms with van der Waals surface area (Å²) in [6.07, 6.45) is 2.41. The van der Waals surface area contributed by atoms with Gasteiger partial charge in [-0.25, -0.2) is 17.2 Å². The summed E-state index contributed by atoms with van der Waals surface area (Å²) in [4.78, 5) is 8.89. The normalized spacial score (nSPS) is 14.6. The van der Waals surface area contributed by atoms with Gasteiger partial charge in [0, 0.05) is 56.4 Å². The Bertz CT molecular complexity index is 1660. The van der Waals surface area contributed by atoms with Crippen LogP contribution in [0.1, 0.15) is 6.42 Å². The van der Waals surface area contributed by atoms with Crippen molar-refractivity contribution in [3.05, 3.63) is 78.5 Å². The van der Waals surface area contributed by atoms with Crippen LogP contribution in [-0.4, -0.2) is 76.7 Å². The smallest absolute Gasteiger partial charge is 0.261 e. The summed E-state index contributed by atoms with van der Waals surface area (Å²) in [5.74, 6) is -0.261. The Hall–Kier alpha value is -4.00. The first kappa shape index (κ1) is 29.5. The minimum Gasteiger partial charge on any atom is -0.493 e. The lowest BCUT2D eigenvalue weighted by atomic mass is 10.1. The lowest BCUT2D eigenvalue weighted by molar-refractivity contribution is 0.145. The van der Waals surface area contributed by atoms with Crippen LogP contribution in [-0.2, 0) is 10.0 Å². The third-order valence-corrected chi connectivity index (χ3v) is 8.35. The van der Waals surface area contributed by atoms with E-state index in [1.54, 1.807) is 31.5 Å². The molecule has 1 aliphatic rings. The van der Waals surface area contributed by atoms with Crippen molar-refractivity contribution in [2.45, 2.75) is 11.3 Å². The number of rotatable bonds is 11. The second-order valence-electron chi connectivity index (χ2n) is 9.99. The monoisotopic (exact) mass is 598 g/mol. The first-order valence-corrected chi connectivity index (χ1v) is 15.0. The lowest BCUT2D eigenvalue weighted by Crippen LogP contribution is -2.44. The number of ether oxygens (including phenoxy) is 3. The van der Waals surface area contributed by atoms with E-state index in [0.717, 1.165) is 57.3 Å². The summed E-state index contributed by atoms with van der Waals surface area (Å²) >= 11 is 0. The number of nitrogens with one attached hydrogen (secondary N) is 1. The van der Waals surface area contributed by atoms with E-state index in [0.29, 0.717) is 34.8 Å². The fourth-order valence-corrected chi connectivity index (χ4v) is 5.73. The molecule has 2 heterocycles. The third kappa shape index (κ3) is 7.07. The molecule has 0 saturated carbocycles. The minimum atomic E-state index is -4.12. The Kier molecular flexibility index (Phi) is 9.05. The first-order chi connectivity index (χ1) is 20.2. The number of halogens is 2. The Labute approximate surface area is 243 Å². The number of nitrogens with zero attached hydrogens (tertiary/aromatic N) is 3. The number of methoxy groups -OCH3 is 1. The van der Waals surface area contributed by atoms with Gasteiger partial charge in [0.15, 0.2) is 23.1 Å². The number of likely N-dealkylation sites (N-methyl/N-ethyl adjacent to an activating group) is 1. The zero-order valence-electron chi connectivity index (χ0n) is 23.3. The molecule has 0 atom stereocenters. The highest BCUT2D eigenvalue weighted by atomic mass is 32.2. The van der Waals surface area contributed by atoms with Gasteiger partial charge in [-0.3, -0.25) is 9.71 Å². The molecule has 0 radical (unpaired) electrons. The number of pyridine rings is 1. The van der Waals surface area contributed by atoms with Crippen molar-refractivity contribution in [2.75, 3.05) is 58.2 Å². The van der Waals surface area contributed by atoms with Crippen molar-refractivity contribution in [2.24, 2.45) is 0 Å². The van der Waals surface area contributed by atoms with Gasteiger partial charge in [0.05, 0.1) is 29.8 Å². The van der Waals surface area contributed by atoms with Crippen LogP contribution in [0, 0.1) is 11.6 Å². The quantitative estimate of drug-likeness (QED) is 0.238. The van der Waals surface area contributed by atoms with E-state index in [9.17, 15) is 12.8 Å². The number of hydrogen-bond donors (Lipinski definition) is 1. The SMILES string of the molecule is COc1cc2c(Oc3ccc(NS(=O)(=O)c4cccc(F)c4)cc3F)ccnc2cc1OCCCN1CCN(C)CC1. The zero-order valence-corrected chi connectivity index (χ0v) is 24.2. The largest absolute Gasteiger partial charge is 0.493 e. The molecular formula is C30H32F2N4O5S. The highest BCUT2D eigenvalue weighted by Crippen LogP contribution is 2.38. The molecule has 1 fully saturated rings. The van der Waals surface area contributed by atoms with E-state index in [1.807, 2.05) is 0 Å². The zero-order chi connectivity index (χ0) is 29.7. The number of benzene rings is 3. The maximum Gasteiger partial charge on any atom is 0.261 e. The molecule has 3 aromatic carbocycles. The Morgan fingerprint density at radius 1 is 0.929 bits per heavy atom. The molecule has 0 aliphatic carbocycles. The molecule has 1 aliphatic heterocycles. The number of fused-ring (bicyclic) bond motifs is 1. The van der Waals surface area contributed by atoms with Crippen LogP contribution < -0.4 is 18.9 Å². The van der Waals surface area contributed by atoms with Gasteiger partial charge in [0.1, 0.15) is 11.6 Å². The molecule has 5 rings (SSSR count). The summed E-state index contributed by atoms with van der Waals surface area (Å²) in [6, 6.07) is 13.3. The topological polar surface area (TPSA) is 93.2 Å². The van der Waals surface area contributed by atoms with Crippen molar-refractivity contribution < 1.29 is 31.4 Å². The molecule has 1 saturated heterocycles. The van der Waals surface area contributed by atoms with Gasteiger partial charge in [-0.15, -0.1) is 0 Å². The van der Waals surface area contributed by atoms with E-state index >= 15 is 4.39 Å². The van der Waals surface area contributed by atoms with Crippen LogP contribution >= 0.6 is 0 Å². The number of anilines is 1. The van der Waals surface area contributed by atoms with Gasteiger partial charge in [-0.05, 0) is 55.9 Å². The van der Waals surface area contributed by atoms with Gasteiger partial charge < -0.3 is 24.0 Å². The lowest BCUT2D eigenvalue weighted by Gasteiger charge is -2.32. The highest BCUT2D eigenvalue weighted by molar-refractivity contribution is 7.92. The van der Waals surface area contributed by atoms with Crippen LogP contribution in [0.15, 0.2) is 71.8 Å². The molecule has 12 heteroatoms. The van der Waals surface area contributed by atoms with Crippen LogP contribution in [0.25, 0.3) is 10.9 Å². The van der Waals surface area contributed by atoms with Crippen LogP contribution in [0.4, 0.5) is 14.5 Å². The average Bonchev–Trinajstić information content (AvgIpc) is 2.97. The minimum absolute atomic E-state index is 0.0419. The van der Waals surface area contributed by atoms with Gasteiger partial charge in [-0.1, -0.05) is 6.07 Å². The van der Waals surface area contributed by atoms with Crippen molar-refractivity contribution in [3.63, 3.8) is 0 Å². The number of aromatic nitrogens is 1. The van der Waals surface area contributed by atoms with E-state index in [1.165, 1.54) is 24.3 Å². The fraction of sp³-hybridized carbons (Fsp3) is 0.300. The second kappa shape index (κ2) is 12.9. The molecular weight excluding hydrogens is 566 g/mol. The summed E-state index contributed by atoms with van der Waals surface area (Å²) in [6.45, 7) is 5.71. The molecule has 0 spiro atoms. The van der Waals surface area contributed by atoms with Gasteiger partial charge >= 0.3 is 0 Å². The summed E-state index contributed by atoms with van der Waals surface area (Å²) in [5, 5.41) is 0.578. The summed E-state index contributed by atoms with van der Waals surface area (Å²) < 4.78 is 73.4. The molecule has 0 amide bonds. The van der Waals surface area contributed by atoms with Crippen molar-refractivity contribution >= 4 is 26.6 Å². The Balaban J connectivity index is 1.28. The van der Waals surface area contributed by atoms with Crippen molar-refractivity contribution in [1.82, 2.24) is 14.8 Å². The van der Waals surface area contributed by atoms with Crippen molar-refractivity contribution in [1.29, 1.82) is 0 Å². The predicted octanol–water partition coefficient (Wildman–Crippen LogP) is 5.13. The van der Waals surface area contributed by atoms with Crippen LogP contribution in [0.3, 0.4) is 0 Å². The number of sulfonamides is 1. The predicted molar refractivity (Wildman–Crippen MR) is 156 cm³/mol. The maximum absolute atomic E-state index is 15.0. The van der Waals surface area contributed by atoms with E-state index in [4.69, 9.17) is 14.2 Å². The molecule has 222 valence electrons. The Morgan fingerprint density at radius 3 is 2.48 bits per heavy atom. The second-order valence-corrected chi connectivity index (χ2v) is 11.7. The summed E-state index contributed by atoms with van der Waals surface area (Å²) in [5.41, 5.74) is 0.530. The van der Waals surface area contributed by atoms with Gasteiger partial charge in [-0.2, -0.15) is 0 Å². The fourth-order valence-electron chi connectivity index (χ4n) is 4.65. The first-order valence-electron chi connectivity index (χ1n) is 13.5. The molecule has 1 N–H and O–H groups in total. The van der Waals surface area contributed by atoms with Gasteiger partial charge in [0.25, 0.3) is 10.0 Å². The summed E-state index contributed by atoms with van der Waals surface area (Å²) in [7, 11) is -0.444. The van der Waals surface area contributed by atoms with Crippen LogP contribution in [0.2, 0.25) is 0 Å².